The molecule has 0 aliphatic heterocycles. The number of carbonyl (C=O) groups is 4. The fraction of sp³-hybridized carbons (Fsp3) is 0.385. The van der Waals surface area contributed by atoms with Crippen molar-refractivity contribution >= 4 is 35.3 Å². The molecule has 0 fully saturated rings. The van der Waals surface area contributed by atoms with Crippen LogP contribution < -0.4 is 42.2 Å². The zero-order valence-electron chi connectivity index (χ0n) is 23.7. The number of benzene rings is 2. The predicted octanol–water partition coefficient (Wildman–Crippen LogP) is -1.33. The highest BCUT2D eigenvalue weighted by Crippen LogP contribution is 2.32. The van der Waals surface area contributed by atoms with E-state index in [0.29, 0.717) is 0 Å². The van der Waals surface area contributed by atoms with E-state index in [4.69, 9.17) is 39.9 Å². The molecular formula is C26H36N6O10. The van der Waals surface area contributed by atoms with Gasteiger partial charge < -0.3 is 39.9 Å². The molecule has 0 heterocycles. The van der Waals surface area contributed by atoms with Crippen LogP contribution in [0.1, 0.15) is 0 Å². The summed E-state index contributed by atoms with van der Waals surface area (Å²) in [6, 6.07) is 12.6. The Bertz CT molecular complexity index is 1090. The van der Waals surface area contributed by atoms with E-state index in [1.165, 1.54) is 24.3 Å². The minimum atomic E-state index is -2.31. The standard InChI is InChI=1S/C26H36N6O10/c1-37-21(33)13-29-25(30-14-22(34)38-2,41-19-11-7-5-9-17(19)27)26(31-15-23(35)39-3,32-16-24(36)40-4)42-20-12-8-6-10-18(20)28/h5-12,29-32H,13-16,27-28H2,1-4H3. The van der Waals surface area contributed by atoms with Crippen molar-refractivity contribution in [1.29, 1.82) is 0 Å². The summed E-state index contributed by atoms with van der Waals surface area (Å²) in [4.78, 5) is 49.6. The van der Waals surface area contributed by atoms with Gasteiger partial charge in [-0.15, -0.1) is 0 Å². The van der Waals surface area contributed by atoms with Crippen molar-refractivity contribution in [2.75, 3.05) is 66.1 Å². The molecule has 0 amide bonds. The third-order valence-corrected chi connectivity index (χ3v) is 5.70. The van der Waals surface area contributed by atoms with Crippen LogP contribution in [0, 0.1) is 0 Å². The zero-order valence-corrected chi connectivity index (χ0v) is 23.7. The van der Waals surface area contributed by atoms with Gasteiger partial charge >= 0.3 is 23.9 Å². The minimum Gasteiger partial charge on any atom is -0.468 e. The van der Waals surface area contributed by atoms with Gasteiger partial charge in [-0.05, 0) is 24.3 Å². The van der Waals surface area contributed by atoms with Crippen molar-refractivity contribution in [2.45, 2.75) is 11.7 Å². The van der Waals surface area contributed by atoms with Crippen LogP contribution >= 0.6 is 0 Å². The molecule has 0 aliphatic carbocycles. The summed E-state index contributed by atoms with van der Waals surface area (Å²) >= 11 is 0. The molecule has 0 unspecified atom stereocenters. The number of para-hydroxylation sites is 4. The van der Waals surface area contributed by atoms with Crippen molar-refractivity contribution < 1.29 is 47.6 Å². The zero-order chi connectivity index (χ0) is 31.2. The molecule has 0 aromatic heterocycles. The number of carbonyl (C=O) groups excluding carboxylic acids is 4. The lowest BCUT2D eigenvalue weighted by molar-refractivity contribution is -0.198. The van der Waals surface area contributed by atoms with Crippen LogP contribution in [-0.4, -0.2) is 90.2 Å². The summed E-state index contributed by atoms with van der Waals surface area (Å²) in [6.07, 6.45) is 0. The second kappa shape index (κ2) is 16.0. The summed E-state index contributed by atoms with van der Waals surface area (Å²) in [5.74, 6) is -7.63. The molecule has 0 radical (unpaired) electrons. The summed E-state index contributed by atoms with van der Waals surface area (Å²) in [6.45, 7) is -2.25. The maximum absolute atomic E-state index is 12.4. The molecule has 230 valence electrons. The molecule has 16 nitrogen and oxygen atoms in total. The quantitative estimate of drug-likeness (QED) is 0.0541. The largest absolute Gasteiger partial charge is 0.468 e. The molecule has 2 aromatic rings. The Morgan fingerprint density at radius 3 is 1.05 bits per heavy atom. The Labute approximate surface area is 242 Å². The van der Waals surface area contributed by atoms with E-state index in [1.54, 1.807) is 24.3 Å². The summed E-state index contributed by atoms with van der Waals surface area (Å²) in [5.41, 5.74) is 12.6. The summed E-state index contributed by atoms with van der Waals surface area (Å²) in [5, 5.41) is 11.3. The van der Waals surface area contributed by atoms with Crippen molar-refractivity contribution in [3.05, 3.63) is 48.5 Å². The van der Waals surface area contributed by atoms with E-state index >= 15 is 0 Å². The first-order chi connectivity index (χ1) is 20.0. The third kappa shape index (κ3) is 8.93. The van der Waals surface area contributed by atoms with Crippen LogP contribution in [0.25, 0.3) is 0 Å². The molecule has 2 aromatic carbocycles. The van der Waals surface area contributed by atoms with Crippen molar-refractivity contribution in [3.63, 3.8) is 0 Å². The number of esters is 4. The average molecular weight is 593 g/mol. The number of ether oxygens (including phenoxy) is 6. The van der Waals surface area contributed by atoms with Gasteiger partial charge in [0.05, 0.1) is 66.0 Å². The lowest BCUT2D eigenvalue weighted by Gasteiger charge is -2.49. The number of hydrogen-bond acceptors (Lipinski definition) is 16. The lowest BCUT2D eigenvalue weighted by atomic mass is 10.1. The molecule has 0 saturated carbocycles. The van der Waals surface area contributed by atoms with Crippen LogP contribution in [0.3, 0.4) is 0 Å². The molecule has 0 aliphatic rings. The topological polar surface area (TPSA) is 224 Å². The first kappa shape index (κ1) is 33.6. The van der Waals surface area contributed by atoms with Crippen molar-refractivity contribution in [1.82, 2.24) is 21.3 Å². The number of nitrogens with two attached hydrogens (primary N) is 2. The van der Waals surface area contributed by atoms with Crippen LogP contribution in [0.15, 0.2) is 48.5 Å². The second-order valence-corrected chi connectivity index (χ2v) is 8.36. The van der Waals surface area contributed by atoms with Crippen molar-refractivity contribution in [2.24, 2.45) is 0 Å². The third-order valence-electron chi connectivity index (χ3n) is 5.70. The minimum absolute atomic E-state index is 0.0287. The lowest BCUT2D eigenvalue weighted by Crippen LogP contribution is -2.86. The first-order valence-corrected chi connectivity index (χ1v) is 12.4. The summed E-state index contributed by atoms with van der Waals surface area (Å²) in [7, 11) is 4.62. The highest BCUT2D eigenvalue weighted by molar-refractivity contribution is 5.73. The number of nitrogens with one attached hydrogen (secondary N) is 4. The second-order valence-electron chi connectivity index (χ2n) is 8.36. The summed E-state index contributed by atoms with van der Waals surface area (Å²) < 4.78 is 31.9. The monoisotopic (exact) mass is 592 g/mol. The van der Waals surface area contributed by atoms with Gasteiger partial charge in [0.1, 0.15) is 11.5 Å². The number of anilines is 2. The fourth-order valence-corrected chi connectivity index (χ4v) is 3.46. The molecule has 42 heavy (non-hydrogen) atoms. The van der Waals surface area contributed by atoms with Gasteiger partial charge in [-0.25, -0.2) is 21.3 Å². The van der Waals surface area contributed by atoms with Gasteiger partial charge in [0, 0.05) is 0 Å². The molecular weight excluding hydrogens is 556 g/mol. The van der Waals surface area contributed by atoms with E-state index in [0.717, 1.165) is 28.4 Å². The van der Waals surface area contributed by atoms with Gasteiger partial charge in [0.25, 0.3) is 11.7 Å². The van der Waals surface area contributed by atoms with Crippen LogP contribution in [0.2, 0.25) is 0 Å². The SMILES string of the molecule is COC(=O)CNC(NCC(=O)OC)(Oc1ccccc1N)C(NCC(=O)OC)(NCC(=O)OC)Oc1ccccc1N. The van der Waals surface area contributed by atoms with E-state index in [2.05, 4.69) is 21.3 Å². The molecule has 0 saturated heterocycles. The maximum atomic E-state index is 12.4. The molecule has 2 rings (SSSR count). The fourth-order valence-electron chi connectivity index (χ4n) is 3.46. The van der Waals surface area contributed by atoms with Crippen molar-refractivity contribution in [3.8, 4) is 11.5 Å². The van der Waals surface area contributed by atoms with E-state index in [9.17, 15) is 19.2 Å². The molecule has 16 heteroatoms. The normalized spacial score (nSPS) is 11.2. The molecule has 0 spiro atoms. The van der Waals surface area contributed by atoms with E-state index in [-0.39, 0.29) is 22.9 Å². The number of methoxy groups -OCH3 is 4. The highest BCUT2D eigenvalue weighted by atomic mass is 16.6. The molecule has 8 N–H and O–H groups in total. The van der Waals surface area contributed by atoms with Crippen LogP contribution in [0.4, 0.5) is 11.4 Å². The van der Waals surface area contributed by atoms with Gasteiger partial charge in [0.2, 0.25) is 0 Å². The van der Waals surface area contributed by atoms with Gasteiger partial charge in [-0.1, -0.05) is 24.3 Å². The number of nitrogen functional groups attached to an aromatic ring is 2. The average Bonchev–Trinajstić information content (AvgIpc) is 3.00. The van der Waals surface area contributed by atoms with Crippen LogP contribution in [-0.2, 0) is 38.1 Å². The Balaban J connectivity index is 2.92. The number of rotatable bonds is 17. The number of hydrogen-bond donors (Lipinski definition) is 6. The van der Waals surface area contributed by atoms with Gasteiger partial charge in [-0.2, -0.15) is 0 Å². The Morgan fingerprint density at radius 1 is 0.548 bits per heavy atom. The Hall–Kier alpha value is -4.64. The van der Waals surface area contributed by atoms with E-state index in [1.807, 2.05) is 0 Å². The Kier molecular flexibility index (Phi) is 12.8. The van der Waals surface area contributed by atoms with Gasteiger partial charge in [-0.3, -0.25) is 19.2 Å². The highest BCUT2D eigenvalue weighted by Gasteiger charge is 2.58. The molecule has 0 atom stereocenters. The first-order valence-electron chi connectivity index (χ1n) is 12.4. The maximum Gasteiger partial charge on any atom is 0.319 e. The molecule has 0 bridgehead atoms. The smallest absolute Gasteiger partial charge is 0.319 e. The van der Waals surface area contributed by atoms with Crippen LogP contribution in [0.5, 0.6) is 11.5 Å². The van der Waals surface area contributed by atoms with E-state index < -0.39 is 61.8 Å². The predicted molar refractivity (Wildman–Crippen MR) is 149 cm³/mol. The van der Waals surface area contributed by atoms with Gasteiger partial charge in [0.15, 0.2) is 0 Å². The Morgan fingerprint density at radius 2 is 0.810 bits per heavy atom.